The van der Waals surface area contributed by atoms with E-state index in [9.17, 15) is 14.4 Å². The fourth-order valence-corrected chi connectivity index (χ4v) is 4.75. The van der Waals surface area contributed by atoms with Gasteiger partial charge in [-0.3, -0.25) is 4.79 Å². The lowest BCUT2D eigenvalue weighted by atomic mass is 10.1. The highest BCUT2D eigenvalue weighted by atomic mass is 79.9. The Balaban J connectivity index is 1.95. The van der Waals surface area contributed by atoms with Gasteiger partial charge in [0.25, 0.3) is 0 Å². The smallest absolute Gasteiger partial charge is 0.410 e. The van der Waals surface area contributed by atoms with Crippen LogP contribution in [0.3, 0.4) is 0 Å². The minimum atomic E-state index is -0.912. The zero-order valence-corrected chi connectivity index (χ0v) is 23.5. The molecule has 2 heterocycles. The minimum Gasteiger partial charge on any atom is -0.462 e. The summed E-state index contributed by atoms with van der Waals surface area (Å²) in [7, 11) is 0. The van der Waals surface area contributed by atoms with E-state index in [1.54, 1.807) is 34.6 Å². The maximum absolute atomic E-state index is 15.9. The highest BCUT2D eigenvalue weighted by molar-refractivity contribution is 9.09. The molecule has 204 valence electrons. The van der Waals surface area contributed by atoms with Gasteiger partial charge in [-0.05, 0) is 53.5 Å². The lowest BCUT2D eigenvalue weighted by Gasteiger charge is -2.41. The number of hydrogen-bond donors (Lipinski definition) is 0. The topological polar surface area (TPSA) is 81.1 Å². The van der Waals surface area contributed by atoms with Crippen LogP contribution in [0.1, 0.15) is 57.8 Å². The van der Waals surface area contributed by atoms with Gasteiger partial charge in [-0.15, -0.1) is 0 Å². The highest BCUT2D eigenvalue weighted by Crippen LogP contribution is 2.32. The number of alkyl halides is 1. The van der Waals surface area contributed by atoms with Crippen molar-refractivity contribution in [2.75, 3.05) is 36.5 Å². The van der Waals surface area contributed by atoms with Gasteiger partial charge in [-0.25, -0.2) is 18.4 Å². The van der Waals surface area contributed by atoms with Crippen LogP contribution >= 0.6 is 15.9 Å². The van der Waals surface area contributed by atoms with Gasteiger partial charge in [0, 0.05) is 43.7 Å². The number of aromatic nitrogens is 1. The molecule has 0 N–H and O–H groups in total. The number of halogens is 3. The first-order chi connectivity index (χ1) is 17.4. The van der Waals surface area contributed by atoms with Crippen LogP contribution in [0.4, 0.5) is 19.3 Å². The molecule has 2 aromatic rings. The Hall–Kier alpha value is -2.69. The van der Waals surface area contributed by atoms with Crippen molar-refractivity contribution in [3.8, 4) is 0 Å². The van der Waals surface area contributed by atoms with Gasteiger partial charge in [0.15, 0.2) is 5.82 Å². The van der Waals surface area contributed by atoms with Crippen molar-refractivity contribution in [2.24, 2.45) is 0 Å². The van der Waals surface area contributed by atoms with E-state index < -0.39 is 34.7 Å². The largest absolute Gasteiger partial charge is 0.462 e. The molecule has 0 spiro atoms. The van der Waals surface area contributed by atoms with Gasteiger partial charge < -0.3 is 23.8 Å². The summed E-state index contributed by atoms with van der Waals surface area (Å²) in [5, 5.41) is 0.537. The summed E-state index contributed by atoms with van der Waals surface area (Å²) in [6.45, 7) is 9.79. The number of esters is 1. The van der Waals surface area contributed by atoms with Crippen molar-refractivity contribution in [1.82, 2.24) is 9.47 Å². The van der Waals surface area contributed by atoms with Crippen molar-refractivity contribution in [1.29, 1.82) is 0 Å². The molecular formula is C26H34BrF2N3O5. The first-order valence-electron chi connectivity index (χ1n) is 12.4. The van der Waals surface area contributed by atoms with Crippen molar-refractivity contribution >= 4 is 44.6 Å². The molecule has 1 fully saturated rings. The first-order valence-corrected chi connectivity index (χ1v) is 13.5. The van der Waals surface area contributed by atoms with E-state index in [0.717, 1.165) is 17.8 Å². The molecule has 3 rings (SSSR count). The second kappa shape index (κ2) is 11.8. The predicted molar refractivity (Wildman–Crippen MR) is 142 cm³/mol. The maximum Gasteiger partial charge on any atom is 0.410 e. The molecule has 0 radical (unpaired) electrons. The molecular weight excluding hydrogens is 552 g/mol. The Morgan fingerprint density at radius 2 is 1.89 bits per heavy atom. The summed E-state index contributed by atoms with van der Waals surface area (Å²) in [5.41, 5.74) is -2.05. The van der Waals surface area contributed by atoms with E-state index in [1.165, 1.54) is 20.6 Å². The number of aryl methyl sites for hydroxylation is 1. The summed E-state index contributed by atoms with van der Waals surface area (Å²) in [6, 6.07) is 0.613. The standard InChI is InChI=1S/C26H34BrF2N3O5/c1-6-30-15-18(24(34)36-12-8-7-9-27)23(33)17-13-19(28)22(20(29)21(17)30)31-10-11-32(16(2)14-31)25(35)37-26(3,4)5/h13,15-16H,6-12,14H2,1-5H3. The second-order valence-electron chi connectivity index (χ2n) is 10.1. The molecule has 1 saturated heterocycles. The Morgan fingerprint density at radius 1 is 1.19 bits per heavy atom. The number of benzene rings is 1. The number of unbranched alkanes of at least 4 members (excludes halogenated alkanes) is 1. The van der Waals surface area contributed by atoms with Gasteiger partial charge in [-0.1, -0.05) is 15.9 Å². The van der Waals surface area contributed by atoms with Crippen LogP contribution in [0, 0.1) is 11.6 Å². The molecule has 1 aromatic carbocycles. The van der Waals surface area contributed by atoms with Crippen LogP contribution < -0.4 is 10.3 Å². The van der Waals surface area contributed by atoms with E-state index in [1.807, 2.05) is 0 Å². The van der Waals surface area contributed by atoms with Crippen molar-refractivity contribution in [2.45, 2.75) is 65.6 Å². The maximum atomic E-state index is 15.9. The van der Waals surface area contributed by atoms with Crippen molar-refractivity contribution in [3.05, 3.63) is 39.7 Å². The summed E-state index contributed by atoms with van der Waals surface area (Å²) in [5.74, 6) is -2.62. The zero-order chi connectivity index (χ0) is 27.5. The number of hydrogen-bond acceptors (Lipinski definition) is 6. The van der Waals surface area contributed by atoms with Crippen LogP contribution in [0.5, 0.6) is 0 Å². The number of fused-ring (bicyclic) bond motifs is 1. The Morgan fingerprint density at radius 3 is 2.49 bits per heavy atom. The SMILES string of the molecule is CCn1cc(C(=O)OCCCCBr)c(=O)c2cc(F)c(N3CCN(C(=O)OC(C)(C)C)C(C)C3)c(F)c21. The number of amides is 1. The Bertz CT molecular complexity index is 1230. The molecule has 1 aliphatic rings. The predicted octanol–water partition coefficient (Wildman–Crippen LogP) is 5.08. The lowest BCUT2D eigenvalue weighted by Crippen LogP contribution is -2.55. The molecule has 11 heteroatoms. The van der Waals surface area contributed by atoms with Crippen molar-refractivity contribution < 1.29 is 27.8 Å². The van der Waals surface area contributed by atoms with E-state index in [2.05, 4.69) is 15.9 Å². The van der Waals surface area contributed by atoms with Gasteiger partial charge >= 0.3 is 12.1 Å². The van der Waals surface area contributed by atoms with Crippen LogP contribution in [-0.2, 0) is 16.0 Å². The summed E-state index contributed by atoms with van der Waals surface area (Å²) < 4.78 is 43.3. The van der Waals surface area contributed by atoms with E-state index in [0.29, 0.717) is 6.42 Å². The molecule has 1 amide bonds. The van der Waals surface area contributed by atoms with Crippen LogP contribution in [0.25, 0.3) is 10.9 Å². The van der Waals surface area contributed by atoms with E-state index >= 15 is 8.78 Å². The summed E-state index contributed by atoms with van der Waals surface area (Å²) in [6.07, 6.45) is 2.21. The Kier molecular flexibility index (Phi) is 9.20. The van der Waals surface area contributed by atoms with Crippen LogP contribution in [0.15, 0.2) is 17.1 Å². The fourth-order valence-electron chi connectivity index (χ4n) is 4.35. The molecule has 37 heavy (non-hydrogen) atoms. The number of nitrogens with zero attached hydrogens (tertiary/aromatic N) is 3. The highest BCUT2D eigenvalue weighted by Gasteiger charge is 2.34. The van der Waals surface area contributed by atoms with Crippen LogP contribution in [-0.4, -0.2) is 64.7 Å². The number of pyridine rings is 1. The molecule has 0 saturated carbocycles. The third kappa shape index (κ3) is 6.42. The number of carbonyl (C=O) groups excluding carboxylic acids is 2. The Labute approximate surface area is 223 Å². The number of anilines is 1. The van der Waals surface area contributed by atoms with E-state index in [-0.39, 0.29) is 61.0 Å². The fraction of sp³-hybridized carbons (Fsp3) is 0.577. The van der Waals surface area contributed by atoms with Crippen LogP contribution in [0.2, 0.25) is 0 Å². The van der Waals surface area contributed by atoms with E-state index in [4.69, 9.17) is 9.47 Å². The molecule has 1 aromatic heterocycles. The minimum absolute atomic E-state index is 0.0815. The van der Waals surface area contributed by atoms with Gasteiger partial charge in [-0.2, -0.15) is 0 Å². The quantitative estimate of drug-likeness (QED) is 0.256. The lowest BCUT2D eigenvalue weighted by molar-refractivity contribution is 0.0158. The molecule has 8 nitrogen and oxygen atoms in total. The average molecular weight is 586 g/mol. The number of rotatable bonds is 7. The van der Waals surface area contributed by atoms with Gasteiger partial charge in [0.05, 0.1) is 17.5 Å². The first kappa shape index (κ1) is 28.9. The summed E-state index contributed by atoms with van der Waals surface area (Å²) in [4.78, 5) is 41.2. The summed E-state index contributed by atoms with van der Waals surface area (Å²) >= 11 is 3.30. The molecule has 0 aliphatic carbocycles. The normalized spacial score (nSPS) is 16.3. The third-order valence-corrected chi connectivity index (χ3v) is 6.68. The molecule has 1 atom stereocenters. The molecule has 0 bridgehead atoms. The number of carbonyl (C=O) groups is 2. The zero-order valence-electron chi connectivity index (χ0n) is 21.9. The second-order valence-corrected chi connectivity index (χ2v) is 10.9. The van der Waals surface area contributed by atoms with Crippen molar-refractivity contribution in [3.63, 3.8) is 0 Å². The number of ether oxygens (including phenoxy) is 2. The van der Waals surface area contributed by atoms with Gasteiger partial charge in [0.2, 0.25) is 5.43 Å². The molecule has 1 aliphatic heterocycles. The average Bonchev–Trinajstić information content (AvgIpc) is 2.81. The monoisotopic (exact) mass is 585 g/mol. The number of piperazine rings is 1. The molecule has 1 unspecified atom stereocenters. The third-order valence-electron chi connectivity index (χ3n) is 6.12. The van der Waals surface area contributed by atoms with Gasteiger partial charge in [0.1, 0.15) is 22.7 Å².